The molecule has 2 aliphatic rings. The third kappa shape index (κ3) is 4.25. The number of piperidine rings is 1. The van der Waals surface area contributed by atoms with E-state index in [2.05, 4.69) is 23.5 Å². The van der Waals surface area contributed by atoms with Gasteiger partial charge in [0.15, 0.2) is 0 Å². The molecule has 2 aromatic rings. The van der Waals surface area contributed by atoms with Crippen LogP contribution in [-0.2, 0) is 14.8 Å². The zero-order valence-electron chi connectivity index (χ0n) is 17.5. The number of fused-ring (bicyclic) bond motifs is 1. The molecule has 0 spiro atoms. The van der Waals surface area contributed by atoms with Crippen LogP contribution >= 0.6 is 22.9 Å². The number of nitrogens with zero attached hydrogens (tertiary/aromatic N) is 2. The highest BCUT2D eigenvalue weighted by Gasteiger charge is 2.43. The Morgan fingerprint density at radius 3 is 2.57 bits per heavy atom. The average Bonchev–Trinajstić information content (AvgIpc) is 3.24. The standard InChI is InChI=1S/C21H28ClN3O3S2/c1-13(2)24-8-6-17(7-9-24)25-12-14(3)20(21(25)26)23-30(27,28)19-10-15-4-5-16(22)11-18(15)29-19/h4-5,10-11,13-14,17,20,23H,6-9,12H2,1-3H3/t14?,20-/m0/s1. The van der Waals surface area contributed by atoms with Crippen LogP contribution in [0.2, 0.25) is 5.02 Å². The van der Waals surface area contributed by atoms with E-state index >= 15 is 0 Å². The number of hydrogen-bond donors (Lipinski definition) is 1. The minimum Gasteiger partial charge on any atom is -0.338 e. The Morgan fingerprint density at radius 2 is 1.90 bits per heavy atom. The van der Waals surface area contributed by atoms with E-state index in [0.29, 0.717) is 17.6 Å². The quantitative estimate of drug-likeness (QED) is 0.727. The molecule has 1 aromatic carbocycles. The van der Waals surface area contributed by atoms with Gasteiger partial charge in [-0.15, -0.1) is 11.3 Å². The Labute approximate surface area is 187 Å². The second kappa shape index (κ2) is 8.39. The lowest BCUT2D eigenvalue weighted by Gasteiger charge is -2.38. The van der Waals surface area contributed by atoms with Gasteiger partial charge in [-0.2, -0.15) is 4.72 Å². The number of carbonyl (C=O) groups is 1. The molecule has 0 radical (unpaired) electrons. The molecule has 2 fully saturated rings. The molecule has 4 rings (SSSR count). The van der Waals surface area contributed by atoms with Gasteiger partial charge >= 0.3 is 0 Å². The largest absolute Gasteiger partial charge is 0.338 e. The van der Waals surface area contributed by atoms with Crippen LogP contribution in [0, 0.1) is 5.92 Å². The number of carbonyl (C=O) groups excluding carboxylic acids is 1. The van der Waals surface area contributed by atoms with Gasteiger partial charge in [0.1, 0.15) is 10.3 Å². The van der Waals surface area contributed by atoms with Crippen molar-refractivity contribution in [2.24, 2.45) is 5.92 Å². The van der Waals surface area contributed by atoms with Gasteiger partial charge < -0.3 is 9.80 Å². The molecule has 0 bridgehead atoms. The number of hydrogen-bond acceptors (Lipinski definition) is 5. The molecule has 164 valence electrons. The number of thiophene rings is 1. The van der Waals surface area contributed by atoms with E-state index in [-0.39, 0.29) is 22.1 Å². The number of benzene rings is 1. The molecule has 3 heterocycles. The molecule has 2 atom stereocenters. The van der Waals surface area contributed by atoms with Crippen LogP contribution in [0.3, 0.4) is 0 Å². The van der Waals surface area contributed by atoms with Gasteiger partial charge in [0.2, 0.25) is 5.91 Å². The second-order valence-corrected chi connectivity index (χ2v) is 12.1. The molecule has 6 nitrogen and oxygen atoms in total. The van der Waals surface area contributed by atoms with Crippen molar-refractivity contribution in [3.05, 3.63) is 29.3 Å². The second-order valence-electron chi connectivity index (χ2n) is 8.68. The lowest BCUT2D eigenvalue weighted by molar-refractivity contribution is -0.132. The number of halogens is 1. The molecule has 30 heavy (non-hydrogen) atoms. The van der Waals surface area contributed by atoms with E-state index in [4.69, 9.17) is 11.6 Å². The molecule has 2 aliphatic heterocycles. The summed E-state index contributed by atoms with van der Waals surface area (Å²) in [6.07, 6.45) is 1.88. The fraction of sp³-hybridized carbons (Fsp3) is 0.571. The molecule has 1 unspecified atom stereocenters. The van der Waals surface area contributed by atoms with Crippen LogP contribution in [0.1, 0.15) is 33.6 Å². The van der Waals surface area contributed by atoms with Gasteiger partial charge in [-0.3, -0.25) is 4.79 Å². The maximum absolute atomic E-state index is 13.1. The number of nitrogens with one attached hydrogen (secondary N) is 1. The Balaban J connectivity index is 1.48. The maximum Gasteiger partial charge on any atom is 0.250 e. The monoisotopic (exact) mass is 469 g/mol. The number of likely N-dealkylation sites (tertiary alicyclic amines) is 2. The van der Waals surface area contributed by atoms with E-state index < -0.39 is 16.1 Å². The summed E-state index contributed by atoms with van der Waals surface area (Å²) in [5.74, 6) is -0.169. The highest BCUT2D eigenvalue weighted by atomic mass is 35.5. The predicted octanol–water partition coefficient (Wildman–Crippen LogP) is 3.55. The Hall–Kier alpha value is -1.19. The van der Waals surface area contributed by atoms with Crippen molar-refractivity contribution in [1.29, 1.82) is 0 Å². The van der Waals surface area contributed by atoms with Gasteiger partial charge in [0.25, 0.3) is 10.0 Å². The molecule has 1 amide bonds. The number of amides is 1. The predicted molar refractivity (Wildman–Crippen MR) is 122 cm³/mol. The van der Waals surface area contributed by atoms with Gasteiger partial charge in [0.05, 0.1) is 0 Å². The summed E-state index contributed by atoms with van der Waals surface area (Å²) in [4.78, 5) is 17.5. The fourth-order valence-electron chi connectivity index (χ4n) is 4.48. The molecule has 0 aliphatic carbocycles. The van der Waals surface area contributed by atoms with Crippen molar-refractivity contribution in [3.8, 4) is 0 Å². The first kappa shape index (κ1) is 22.0. The first-order valence-electron chi connectivity index (χ1n) is 10.4. The van der Waals surface area contributed by atoms with Crippen molar-refractivity contribution in [2.45, 2.75) is 55.9 Å². The average molecular weight is 470 g/mol. The molecule has 0 saturated carbocycles. The Bertz CT molecular complexity index is 1040. The minimum atomic E-state index is -3.79. The summed E-state index contributed by atoms with van der Waals surface area (Å²) in [7, 11) is -3.79. The van der Waals surface area contributed by atoms with Crippen molar-refractivity contribution in [3.63, 3.8) is 0 Å². The van der Waals surface area contributed by atoms with Crippen molar-refractivity contribution in [1.82, 2.24) is 14.5 Å². The van der Waals surface area contributed by atoms with Gasteiger partial charge in [-0.1, -0.05) is 24.6 Å². The third-order valence-corrected chi connectivity index (χ3v) is 9.53. The zero-order chi connectivity index (χ0) is 21.6. The smallest absolute Gasteiger partial charge is 0.250 e. The van der Waals surface area contributed by atoms with E-state index in [0.717, 1.165) is 36.0 Å². The summed E-state index contributed by atoms with van der Waals surface area (Å²) in [5.41, 5.74) is 0. The van der Waals surface area contributed by atoms with Gasteiger partial charge in [-0.25, -0.2) is 8.42 Å². The van der Waals surface area contributed by atoms with Gasteiger partial charge in [-0.05, 0) is 56.2 Å². The first-order valence-corrected chi connectivity index (χ1v) is 13.1. The highest BCUT2D eigenvalue weighted by molar-refractivity contribution is 7.91. The summed E-state index contributed by atoms with van der Waals surface area (Å²) in [6.45, 7) is 8.87. The maximum atomic E-state index is 13.1. The third-order valence-electron chi connectivity index (χ3n) is 6.28. The Kier molecular flexibility index (Phi) is 6.16. The lowest BCUT2D eigenvalue weighted by Crippen LogP contribution is -2.49. The van der Waals surface area contributed by atoms with Crippen LogP contribution in [0.4, 0.5) is 0 Å². The minimum absolute atomic E-state index is 0.0702. The fourth-order valence-corrected chi connectivity index (χ4v) is 7.46. The number of sulfonamides is 1. The zero-order valence-corrected chi connectivity index (χ0v) is 19.9. The summed E-state index contributed by atoms with van der Waals surface area (Å²) < 4.78 is 29.8. The van der Waals surface area contributed by atoms with E-state index in [1.54, 1.807) is 18.2 Å². The molecule has 2 saturated heterocycles. The SMILES string of the molecule is CC1CN(C2CCN(C(C)C)CC2)C(=O)[C@H]1NS(=O)(=O)c1cc2ccc(Cl)cc2s1. The van der Waals surface area contributed by atoms with Crippen molar-refractivity contribution < 1.29 is 13.2 Å². The molecule has 1 N–H and O–H groups in total. The van der Waals surface area contributed by atoms with Crippen LogP contribution in [0.25, 0.3) is 10.1 Å². The number of rotatable bonds is 5. The molecular weight excluding hydrogens is 442 g/mol. The summed E-state index contributed by atoms with van der Waals surface area (Å²) in [6, 6.07) is 6.93. The van der Waals surface area contributed by atoms with Crippen LogP contribution < -0.4 is 4.72 Å². The lowest BCUT2D eigenvalue weighted by atomic mass is 10.0. The Morgan fingerprint density at radius 1 is 1.20 bits per heavy atom. The first-order chi connectivity index (χ1) is 14.2. The van der Waals surface area contributed by atoms with Crippen LogP contribution in [0.15, 0.2) is 28.5 Å². The topological polar surface area (TPSA) is 69.7 Å². The molecular formula is C21H28ClN3O3S2. The van der Waals surface area contributed by atoms with E-state index in [1.807, 2.05) is 17.9 Å². The summed E-state index contributed by atoms with van der Waals surface area (Å²) >= 11 is 7.19. The van der Waals surface area contributed by atoms with Crippen molar-refractivity contribution in [2.75, 3.05) is 19.6 Å². The van der Waals surface area contributed by atoms with E-state index in [1.165, 1.54) is 11.3 Å². The van der Waals surface area contributed by atoms with E-state index in [9.17, 15) is 13.2 Å². The molecule has 1 aromatic heterocycles. The summed E-state index contributed by atoms with van der Waals surface area (Å²) in [5, 5.41) is 1.40. The molecule has 9 heteroatoms. The van der Waals surface area contributed by atoms with Crippen molar-refractivity contribution >= 4 is 49.0 Å². The van der Waals surface area contributed by atoms with Crippen LogP contribution in [-0.4, -0.2) is 61.9 Å². The van der Waals surface area contributed by atoms with Gasteiger partial charge in [0, 0.05) is 41.4 Å². The highest BCUT2D eigenvalue weighted by Crippen LogP contribution is 2.32. The van der Waals surface area contributed by atoms with Crippen LogP contribution in [0.5, 0.6) is 0 Å². The normalized spacial score (nSPS) is 24.4.